The van der Waals surface area contributed by atoms with E-state index in [2.05, 4.69) is 9.97 Å². The van der Waals surface area contributed by atoms with Crippen molar-refractivity contribution < 1.29 is 4.74 Å². The molecule has 0 radical (unpaired) electrons. The number of rotatable bonds is 3. The predicted octanol–water partition coefficient (Wildman–Crippen LogP) is 2.52. The summed E-state index contributed by atoms with van der Waals surface area (Å²) in [5.41, 5.74) is 8.18. The zero-order valence-corrected chi connectivity index (χ0v) is 11.0. The lowest BCUT2D eigenvalue weighted by atomic mass is 10.1. The van der Waals surface area contributed by atoms with Crippen molar-refractivity contribution in [1.82, 2.24) is 9.97 Å². The number of benzene rings is 1. The molecule has 1 heterocycles. The third kappa shape index (κ3) is 2.62. The molecule has 0 aliphatic carbocycles. The highest BCUT2D eigenvalue weighted by Gasteiger charge is 2.05. The maximum Gasteiger partial charge on any atom is 0.237 e. The highest BCUT2D eigenvalue weighted by atomic mass is 32.1. The number of hydrogen-bond donors (Lipinski definition) is 1. The van der Waals surface area contributed by atoms with Gasteiger partial charge in [0, 0.05) is 0 Å². The average molecular weight is 259 g/mol. The van der Waals surface area contributed by atoms with E-state index >= 15 is 0 Å². The molecule has 0 spiro atoms. The minimum atomic E-state index is 0.223. The van der Waals surface area contributed by atoms with Crippen LogP contribution in [0.4, 0.5) is 0 Å². The van der Waals surface area contributed by atoms with E-state index in [1.807, 2.05) is 32.0 Å². The van der Waals surface area contributed by atoms with Crippen molar-refractivity contribution in [2.45, 2.75) is 13.8 Å². The quantitative estimate of drug-likeness (QED) is 0.858. The fraction of sp³-hybridized carbons (Fsp3) is 0.154. The summed E-state index contributed by atoms with van der Waals surface area (Å²) in [5.74, 6) is 1.19. The van der Waals surface area contributed by atoms with Gasteiger partial charge in [-0.25, -0.2) is 9.97 Å². The Balaban J connectivity index is 2.24. The Morgan fingerprint density at radius 1 is 1.22 bits per heavy atom. The number of nitrogens with two attached hydrogens (primary N) is 1. The molecule has 0 aliphatic rings. The van der Waals surface area contributed by atoms with Crippen molar-refractivity contribution in [3.63, 3.8) is 0 Å². The Hall–Kier alpha value is -2.01. The molecule has 0 saturated carbocycles. The summed E-state index contributed by atoms with van der Waals surface area (Å²) in [6.45, 7) is 4.03. The molecule has 2 rings (SSSR count). The van der Waals surface area contributed by atoms with Gasteiger partial charge in [-0.15, -0.1) is 0 Å². The molecule has 0 saturated heterocycles. The van der Waals surface area contributed by atoms with E-state index in [4.69, 9.17) is 22.7 Å². The largest absolute Gasteiger partial charge is 0.437 e. The van der Waals surface area contributed by atoms with Crippen LogP contribution in [0, 0.1) is 13.8 Å². The molecule has 0 amide bonds. The molecular weight excluding hydrogens is 246 g/mol. The van der Waals surface area contributed by atoms with Crippen molar-refractivity contribution in [1.29, 1.82) is 0 Å². The van der Waals surface area contributed by atoms with E-state index in [9.17, 15) is 0 Å². The average Bonchev–Trinajstić information content (AvgIpc) is 2.36. The number of aryl methyl sites for hydroxylation is 1. The van der Waals surface area contributed by atoms with Crippen LogP contribution >= 0.6 is 12.2 Å². The second-order valence-corrected chi connectivity index (χ2v) is 4.34. The molecule has 0 bridgehead atoms. The maximum atomic E-state index is 5.67. The number of ether oxygens (including phenoxy) is 1. The van der Waals surface area contributed by atoms with E-state index in [1.54, 1.807) is 0 Å². The Morgan fingerprint density at radius 2 is 2.00 bits per heavy atom. The SMILES string of the molecule is Cc1cccc(Oc2cnc(C(N)=S)cn2)c1C. The van der Waals surface area contributed by atoms with E-state index in [0.717, 1.165) is 11.3 Å². The van der Waals surface area contributed by atoms with Gasteiger partial charge >= 0.3 is 0 Å². The van der Waals surface area contributed by atoms with Gasteiger partial charge in [0.2, 0.25) is 5.88 Å². The Kier molecular flexibility index (Phi) is 3.53. The molecule has 0 fully saturated rings. The number of nitrogens with zero attached hydrogens (tertiary/aromatic N) is 2. The molecule has 18 heavy (non-hydrogen) atoms. The summed E-state index contributed by atoms with van der Waals surface area (Å²) < 4.78 is 5.67. The molecule has 0 atom stereocenters. The van der Waals surface area contributed by atoms with Gasteiger partial charge in [-0.2, -0.15) is 0 Å². The van der Waals surface area contributed by atoms with Gasteiger partial charge in [-0.1, -0.05) is 24.4 Å². The molecule has 2 aromatic rings. The lowest BCUT2D eigenvalue weighted by Gasteiger charge is -2.09. The van der Waals surface area contributed by atoms with Crippen molar-refractivity contribution in [3.05, 3.63) is 47.4 Å². The van der Waals surface area contributed by atoms with Gasteiger partial charge in [0.1, 0.15) is 16.4 Å². The minimum Gasteiger partial charge on any atom is -0.437 e. The summed E-state index contributed by atoms with van der Waals surface area (Å²) in [6, 6.07) is 5.86. The van der Waals surface area contributed by atoms with Crippen LogP contribution < -0.4 is 10.5 Å². The topological polar surface area (TPSA) is 61.0 Å². The minimum absolute atomic E-state index is 0.223. The summed E-state index contributed by atoms with van der Waals surface area (Å²) >= 11 is 4.81. The van der Waals surface area contributed by atoms with Crippen LogP contribution in [-0.2, 0) is 0 Å². The second-order valence-electron chi connectivity index (χ2n) is 3.90. The first-order valence-electron chi connectivity index (χ1n) is 5.44. The first-order valence-corrected chi connectivity index (χ1v) is 5.84. The van der Waals surface area contributed by atoms with Crippen LogP contribution in [-0.4, -0.2) is 15.0 Å². The van der Waals surface area contributed by atoms with E-state index in [0.29, 0.717) is 11.6 Å². The summed E-state index contributed by atoms with van der Waals surface area (Å²) in [4.78, 5) is 8.41. The van der Waals surface area contributed by atoms with Gasteiger partial charge in [-0.3, -0.25) is 0 Å². The maximum absolute atomic E-state index is 5.67. The first kappa shape index (κ1) is 12.4. The molecule has 1 aromatic carbocycles. The fourth-order valence-corrected chi connectivity index (χ4v) is 1.55. The molecule has 5 heteroatoms. The van der Waals surface area contributed by atoms with Gasteiger partial charge < -0.3 is 10.5 Å². The molecule has 4 nitrogen and oxygen atoms in total. The van der Waals surface area contributed by atoms with Gasteiger partial charge in [-0.05, 0) is 31.0 Å². The van der Waals surface area contributed by atoms with Crippen molar-refractivity contribution in [2.24, 2.45) is 5.73 Å². The lowest BCUT2D eigenvalue weighted by Crippen LogP contribution is -2.11. The third-order valence-electron chi connectivity index (χ3n) is 2.65. The number of hydrogen-bond acceptors (Lipinski definition) is 4. The van der Waals surface area contributed by atoms with Crippen molar-refractivity contribution in [3.8, 4) is 11.6 Å². The normalized spacial score (nSPS) is 10.1. The van der Waals surface area contributed by atoms with Gasteiger partial charge in [0.15, 0.2) is 0 Å². The molecule has 92 valence electrons. The van der Waals surface area contributed by atoms with Crippen molar-refractivity contribution in [2.75, 3.05) is 0 Å². The molecule has 2 N–H and O–H groups in total. The van der Waals surface area contributed by atoms with E-state index < -0.39 is 0 Å². The first-order chi connectivity index (χ1) is 8.58. The van der Waals surface area contributed by atoms with Crippen LogP contribution in [0.15, 0.2) is 30.6 Å². The third-order valence-corrected chi connectivity index (χ3v) is 2.86. The van der Waals surface area contributed by atoms with Gasteiger partial charge in [0.05, 0.1) is 12.4 Å². The Morgan fingerprint density at radius 3 is 2.61 bits per heavy atom. The number of thiocarbonyl (C=S) groups is 1. The predicted molar refractivity (Wildman–Crippen MR) is 73.9 cm³/mol. The molecule has 0 unspecified atom stereocenters. The highest BCUT2D eigenvalue weighted by Crippen LogP contribution is 2.24. The van der Waals surface area contributed by atoms with E-state index in [-0.39, 0.29) is 4.99 Å². The fourth-order valence-electron chi connectivity index (χ4n) is 1.44. The summed E-state index contributed by atoms with van der Waals surface area (Å²) in [7, 11) is 0. The standard InChI is InChI=1S/C13H13N3OS/c1-8-4-3-5-11(9(8)2)17-12-7-15-10(6-16-12)13(14)18/h3-7H,1-2H3,(H2,14,18). The second kappa shape index (κ2) is 5.10. The van der Waals surface area contributed by atoms with Crippen LogP contribution in [0.25, 0.3) is 0 Å². The summed E-state index contributed by atoms with van der Waals surface area (Å²) in [5, 5.41) is 0. The smallest absolute Gasteiger partial charge is 0.237 e. The molecule has 1 aromatic heterocycles. The summed E-state index contributed by atoms with van der Waals surface area (Å²) in [6.07, 6.45) is 3.01. The van der Waals surface area contributed by atoms with Crippen LogP contribution in [0.3, 0.4) is 0 Å². The zero-order valence-electron chi connectivity index (χ0n) is 10.2. The zero-order chi connectivity index (χ0) is 13.1. The van der Waals surface area contributed by atoms with Crippen LogP contribution in [0.2, 0.25) is 0 Å². The van der Waals surface area contributed by atoms with Crippen molar-refractivity contribution >= 4 is 17.2 Å². The Labute approximate surface area is 111 Å². The van der Waals surface area contributed by atoms with Crippen LogP contribution in [0.1, 0.15) is 16.8 Å². The molecular formula is C13H13N3OS. The highest BCUT2D eigenvalue weighted by molar-refractivity contribution is 7.80. The Bertz CT molecular complexity index is 581. The monoisotopic (exact) mass is 259 g/mol. The van der Waals surface area contributed by atoms with E-state index in [1.165, 1.54) is 18.0 Å². The van der Waals surface area contributed by atoms with Gasteiger partial charge in [0.25, 0.3) is 0 Å². The number of aromatic nitrogens is 2. The lowest BCUT2D eigenvalue weighted by molar-refractivity contribution is 0.456. The molecule has 0 aliphatic heterocycles. The van der Waals surface area contributed by atoms with Crippen LogP contribution in [0.5, 0.6) is 11.6 Å².